The van der Waals surface area contributed by atoms with E-state index < -0.39 is 35.8 Å². The highest BCUT2D eigenvalue weighted by Crippen LogP contribution is 2.28. The van der Waals surface area contributed by atoms with Crippen molar-refractivity contribution < 1.29 is 29.0 Å². The average Bonchev–Trinajstić information content (AvgIpc) is 2.53. The molecule has 4 N–H and O–H groups in total. The third-order valence-corrected chi connectivity index (χ3v) is 4.22. The van der Waals surface area contributed by atoms with Crippen LogP contribution in [0.15, 0.2) is 18.2 Å². The third kappa shape index (κ3) is 6.54. The van der Waals surface area contributed by atoms with Crippen LogP contribution in [0.1, 0.15) is 32.4 Å². The van der Waals surface area contributed by atoms with Gasteiger partial charge >= 0.3 is 12.1 Å². The number of benzene rings is 1. The van der Waals surface area contributed by atoms with E-state index in [1.807, 2.05) is 22.6 Å². The Morgan fingerprint density at radius 2 is 1.89 bits per heavy atom. The fourth-order valence-electron chi connectivity index (χ4n) is 2.14. The number of likely N-dealkylation sites (N-methyl/N-ethyl adjacent to an activating group) is 1. The van der Waals surface area contributed by atoms with Gasteiger partial charge in [-0.3, -0.25) is 9.69 Å². The number of rotatable bonds is 6. The fraction of sp³-hybridized carbons (Fsp3) is 0.471. The molecule has 27 heavy (non-hydrogen) atoms. The van der Waals surface area contributed by atoms with Crippen molar-refractivity contribution in [2.24, 2.45) is 5.73 Å². The van der Waals surface area contributed by atoms with Crippen molar-refractivity contribution in [2.45, 2.75) is 38.6 Å². The first kappa shape index (κ1) is 23.0. The van der Waals surface area contributed by atoms with E-state index in [0.29, 0.717) is 14.9 Å². The van der Waals surface area contributed by atoms with E-state index in [0.717, 1.165) is 4.90 Å². The molecule has 0 radical (unpaired) electrons. The number of nitrogens with two attached hydrogens (primary N) is 1. The second-order valence-corrected chi connectivity index (χ2v) is 7.87. The molecular weight excluding hydrogens is 469 g/mol. The van der Waals surface area contributed by atoms with Gasteiger partial charge in [-0.2, -0.15) is 0 Å². The molecule has 1 aromatic rings. The predicted octanol–water partition coefficient (Wildman–Crippen LogP) is 1.69. The van der Waals surface area contributed by atoms with Crippen LogP contribution in [-0.2, 0) is 14.3 Å². The number of hydrogen-bond donors (Lipinski definition) is 3. The van der Waals surface area contributed by atoms with Gasteiger partial charge in [-0.15, -0.1) is 0 Å². The molecule has 9 nitrogen and oxygen atoms in total. The molecule has 0 spiro atoms. The van der Waals surface area contributed by atoms with Gasteiger partial charge in [-0.25, -0.2) is 9.59 Å². The van der Waals surface area contributed by atoms with E-state index in [2.05, 4.69) is 5.32 Å². The maximum Gasteiger partial charge on any atom is 0.410 e. The Bertz CT molecular complexity index is 719. The van der Waals surface area contributed by atoms with Gasteiger partial charge in [-0.1, -0.05) is 6.07 Å². The zero-order valence-corrected chi connectivity index (χ0v) is 17.9. The third-order valence-electron chi connectivity index (χ3n) is 3.37. The van der Waals surface area contributed by atoms with Crippen LogP contribution in [-0.4, -0.2) is 53.9 Å². The van der Waals surface area contributed by atoms with Crippen LogP contribution >= 0.6 is 22.6 Å². The second-order valence-electron chi connectivity index (χ2n) is 6.71. The lowest BCUT2D eigenvalue weighted by Crippen LogP contribution is -2.52. The minimum atomic E-state index is -1.61. The topological polar surface area (TPSA) is 131 Å². The molecule has 1 rings (SSSR count). The molecule has 0 saturated heterocycles. The summed E-state index contributed by atoms with van der Waals surface area (Å²) in [6.07, 6.45) is -2.35. The number of carbonyl (C=O) groups excluding carboxylic acids is 2. The molecule has 150 valence electrons. The molecule has 2 atom stereocenters. The van der Waals surface area contributed by atoms with Crippen molar-refractivity contribution in [3.05, 3.63) is 27.3 Å². The second kappa shape index (κ2) is 9.22. The van der Waals surface area contributed by atoms with Gasteiger partial charge in [0.1, 0.15) is 17.4 Å². The number of nitrogens with zero attached hydrogens (tertiary/aromatic N) is 1. The zero-order valence-electron chi connectivity index (χ0n) is 15.8. The molecule has 0 heterocycles. The molecule has 0 unspecified atom stereocenters. The molecule has 0 aliphatic carbocycles. The number of carbonyl (C=O) groups is 3. The Labute approximate surface area is 171 Å². The first-order valence-corrected chi connectivity index (χ1v) is 9.03. The quantitative estimate of drug-likeness (QED) is 0.406. The SMILES string of the molecule is COc1ccc([C@@H](C(=O)N[C@@H](N)C(=O)O)N(C)C(=O)OC(C)(C)C)cc1I. The number of carboxylic acids is 1. The first-order valence-electron chi connectivity index (χ1n) is 7.95. The van der Waals surface area contributed by atoms with Gasteiger partial charge in [0, 0.05) is 7.05 Å². The van der Waals surface area contributed by atoms with Gasteiger partial charge in [-0.05, 0) is 61.1 Å². The number of nitrogens with one attached hydrogen (secondary N) is 1. The molecule has 0 fully saturated rings. The normalized spacial score (nSPS) is 13.3. The largest absolute Gasteiger partial charge is 0.496 e. The van der Waals surface area contributed by atoms with Crippen molar-refractivity contribution >= 4 is 40.6 Å². The predicted molar refractivity (Wildman–Crippen MR) is 106 cm³/mol. The summed E-state index contributed by atoms with van der Waals surface area (Å²) in [4.78, 5) is 37.2. The Balaban J connectivity index is 3.27. The Hall–Kier alpha value is -2.08. The maximum atomic E-state index is 12.7. The lowest BCUT2D eigenvalue weighted by Gasteiger charge is -2.30. The van der Waals surface area contributed by atoms with Crippen molar-refractivity contribution in [1.29, 1.82) is 0 Å². The van der Waals surface area contributed by atoms with E-state index in [1.54, 1.807) is 39.0 Å². The van der Waals surface area contributed by atoms with Gasteiger partial charge in [0.25, 0.3) is 0 Å². The molecule has 10 heteroatoms. The van der Waals surface area contributed by atoms with Crippen molar-refractivity contribution in [1.82, 2.24) is 10.2 Å². The standard InChI is InChI=1S/C17H24IN3O6/c1-17(2,3)27-16(25)21(4)12(14(22)20-13(19)15(23)24)9-6-7-11(26-5)10(18)8-9/h6-8,12-13H,19H2,1-5H3,(H,20,22)(H,23,24)/t12-,13+/m0/s1. The van der Waals surface area contributed by atoms with Crippen LogP contribution in [0.25, 0.3) is 0 Å². The summed E-state index contributed by atoms with van der Waals surface area (Å²) in [7, 11) is 2.90. The van der Waals surface area contributed by atoms with Crippen LogP contribution in [0, 0.1) is 3.57 Å². The lowest BCUT2D eigenvalue weighted by atomic mass is 10.0. The monoisotopic (exact) mass is 493 g/mol. The van der Waals surface area contributed by atoms with E-state index in [-0.39, 0.29) is 0 Å². The van der Waals surface area contributed by atoms with Crippen LogP contribution in [0.2, 0.25) is 0 Å². The summed E-state index contributed by atoms with van der Waals surface area (Å²) in [6.45, 7) is 5.10. The van der Waals surface area contributed by atoms with E-state index >= 15 is 0 Å². The highest BCUT2D eigenvalue weighted by Gasteiger charge is 2.33. The Morgan fingerprint density at radius 3 is 2.33 bits per heavy atom. The van der Waals surface area contributed by atoms with E-state index in [1.165, 1.54) is 14.2 Å². The van der Waals surface area contributed by atoms with Crippen LogP contribution in [0.3, 0.4) is 0 Å². The molecule has 0 aromatic heterocycles. The number of aliphatic carboxylic acids is 1. The minimum Gasteiger partial charge on any atom is -0.496 e. The van der Waals surface area contributed by atoms with Gasteiger partial charge < -0.3 is 25.6 Å². The van der Waals surface area contributed by atoms with Crippen LogP contribution < -0.4 is 15.8 Å². The summed E-state index contributed by atoms with van der Waals surface area (Å²) < 4.78 is 11.2. The molecule has 2 amide bonds. The minimum absolute atomic E-state index is 0.448. The molecule has 1 aromatic carbocycles. The number of halogens is 1. The van der Waals surface area contributed by atoms with Crippen molar-refractivity contribution in [3.8, 4) is 5.75 Å². The van der Waals surface area contributed by atoms with Crippen molar-refractivity contribution in [3.63, 3.8) is 0 Å². The first-order chi connectivity index (χ1) is 12.4. The smallest absolute Gasteiger partial charge is 0.410 e. The number of ether oxygens (including phenoxy) is 2. The highest BCUT2D eigenvalue weighted by atomic mass is 127. The molecular formula is C17H24IN3O6. The van der Waals surface area contributed by atoms with Crippen LogP contribution in [0.5, 0.6) is 5.75 Å². The number of carboxylic acid groups (broad SMARTS) is 1. The summed E-state index contributed by atoms with van der Waals surface area (Å²) in [6, 6.07) is 3.77. The van der Waals surface area contributed by atoms with Crippen LogP contribution in [0.4, 0.5) is 4.79 Å². The maximum absolute atomic E-state index is 12.7. The van der Waals surface area contributed by atoms with E-state index in [4.69, 9.17) is 20.3 Å². The summed E-state index contributed by atoms with van der Waals surface area (Å²) >= 11 is 2.03. The fourth-order valence-corrected chi connectivity index (χ4v) is 2.90. The van der Waals surface area contributed by atoms with Crippen molar-refractivity contribution in [2.75, 3.05) is 14.2 Å². The molecule has 0 aliphatic heterocycles. The zero-order chi connectivity index (χ0) is 20.9. The summed E-state index contributed by atoms with van der Waals surface area (Å²) in [5.41, 5.74) is 5.08. The molecule has 0 bridgehead atoms. The van der Waals surface area contributed by atoms with Gasteiger partial charge in [0.05, 0.1) is 10.7 Å². The van der Waals surface area contributed by atoms with E-state index in [9.17, 15) is 14.4 Å². The Morgan fingerprint density at radius 1 is 1.30 bits per heavy atom. The number of methoxy groups -OCH3 is 1. The lowest BCUT2D eigenvalue weighted by molar-refractivity contribution is -0.142. The number of amides is 2. The van der Waals surface area contributed by atoms with Gasteiger partial charge in [0.15, 0.2) is 6.17 Å². The number of hydrogen-bond acceptors (Lipinski definition) is 6. The summed E-state index contributed by atoms with van der Waals surface area (Å²) in [5.74, 6) is -1.55. The van der Waals surface area contributed by atoms with Gasteiger partial charge in [0.2, 0.25) is 5.91 Å². The highest BCUT2D eigenvalue weighted by molar-refractivity contribution is 14.1. The average molecular weight is 493 g/mol. The molecule has 0 saturated carbocycles. The molecule has 0 aliphatic rings. The summed E-state index contributed by atoms with van der Waals surface area (Å²) in [5, 5.41) is 11.1. The Kier molecular flexibility index (Phi) is 7.84.